The standard InChI is InChI=1S/C25H23N3O4S/c29-23(27-17-10-11-21-22(13-17)32-15-31-21)14-33-25-19(8-4-12-26-25)24(30)28-20-9-3-6-16-5-1-2-7-18(16)20/h1-2,4-5,7-8,10-13,20H,3,6,9,14-15H2,(H,27,29)(H,28,30)/t20-/m1/s1. The van der Waals surface area contributed by atoms with Crippen molar-refractivity contribution in [3.8, 4) is 11.5 Å². The van der Waals surface area contributed by atoms with Gasteiger partial charge in [0.1, 0.15) is 5.03 Å². The summed E-state index contributed by atoms with van der Waals surface area (Å²) >= 11 is 1.24. The van der Waals surface area contributed by atoms with Gasteiger partial charge in [0.05, 0.1) is 17.4 Å². The van der Waals surface area contributed by atoms with Gasteiger partial charge in [-0.05, 0) is 54.7 Å². The minimum atomic E-state index is -0.197. The summed E-state index contributed by atoms with van der Waals surface area (Å²) in [5.41, 5.74) is 3.56. The first kappa shape index (κ1) is 21.3. The second-order valence-corrected chi connectivity index (χ2v) is 8.84. The number of amides is 2. The number of nitrogens with one attached hydrogen (secondary N) is 2. The van der Waals surface area contributed by atoms with E-state index in [1.807, 2.05) is 12.1 Å². The van der Waals surface area contributed by atoms with Gasteiger partial charge in [-0.15, -0.1) is 0 Å². The quantitative estimate of drug-likeness (QED) is 0.531. The molecule has 1 aliphatic heterocycles. The van der Waals surface area contributed by atoms with Crippen molar-refractivity contribution >= 4 is 29.3 Å². The molecule has 0 fully saturated rings. The second kappa shape index (κ2) is 9.54. The largest absolute Gasteiger partial charge is 0.454 e. The summed E-state index contributed by atoms with van der Waals surface area (Å²) in [6, 6.07) is 17.0. The molecule has 1 atom stereocenters. The highest BCUT2D eigenvalue weighted by Crippen LogP contribution is 2.34. The smallest absolute Gasteiger partial charge is 0.254 e. The maximum atomic E-state index is 13.1. The number of thioether (sulfide) groups is 1. The Morgan fingerprint density at radius 1 is 1.06 bits per heavy atom. The van der Waals surface area contributed by atoms with E-state index < -0.39 is 0 Å². The van der Waals surface area contributed by atoms with Crippen molar-refractivity contribution in [2.75, 3.05) is 17.9 Å². The van der Waals surface area contributed by atoms with E-state index in [0.29, 0.717) is 27.8 Å². The van der Waals surface area contributed by atoms with E-state index in [4.69, 9.17) is 9.47 Å². The van der Waals surface area contributed by atoms with Crippen LogP contribution < -0.4 is 20.1 Å². The van der Waals surface area contributed by atoms with Crippen LogP contribution >= 0.6 is 11.8 Å². The predicted octanol–water partition coefficient (Wildman–Crippen LogP) is 4.35. The van der Waals surface area contributed by atoms with E-state index in [9.17, 15) is 9.59 Å². The summed E-state index contributed by atoms with van der Waals surface area (Å²) in [4.78, 5) is 29.9. The summed E-state index contributed by atoms with van der Waals surface area (Å²) in [7, 11) is 0. The van der Waals surface area contributed by atoms with Crippen LogP contribution in [-0.2, 0) is 11.2 Å². The number of aromatic nitrogens is 1. The maximum Gasteiger partial charge on any atom is 0.254 e. The lowest BCUT2D eigenvalue weighted by Crippen LogP contribution is -2.31. The fourth-order valence-corrected chi connectivity index (χ4v) is 4.92. The zero-order chi connectivity index (χ0) is 22.6. The average molecular weight is 462 g/mol. The first-order chi connectivity index (χ1) is 16.2. The Morgan fingerprint density at radius 2 is 1.94 bits per heavy atom. The molecule has 33 heavy (non-hydrogen) atoms. The Kier molecular flexibility index (Phi) is 6.17. The van der Waals surface area contributed by atoms with Crippen molar-refractivity contribution in [2.24, 2.45) is 0 Å². The monoisotopic (exact) mass is 461 g/mol. The Labute approximate surface area is 195 Å². The molecule has 0 spiro atoms. The molecule has 0 radical (unpaired) electrons. The maximum absolute atomic E-state index is 13.1. The molecule has 2 aliphatic rings. The van der Waals surface area contributed by atoms with Crippen LogP contribution in [0.3, 0.4) is 0 Å². The van der Waals surface area contributed by atoms with Gasteiger partial charge in [-0.3, -0.25) is 9.59 Å². The summed E-state index contributed by atoms with van der Waals surface area (Å²) in [5.74, 6) is 1.01. The number of nitrogens with zero attached hydrogens (tertiary/aromatic N) is 1. The van der Waals surface area contributed by atoms with E-state index in [-0.39, 0.29) is 30.4 Å². The van der Waals surface area contributed by atoms with E-state index in [1.165, 1.54) is 22.9 Å². The number of fused-ring (bicyclic) bond motifs is 2. The summed E-state index contributed by atoms with van der Waals surface area (Å²) < 4.78 is 10.6. The lowest BCUT2D eigenvalue weighted by molar-refractivity contribution is -0.113. The highest BCUT2D eigenvalue weighted by atomic mass is 32.2. The lowest BCUT2D eigenvalue weighted by atomic mass is 9.87. The molecular weight excluding hydrogens is 438 g/mol. The topological polar surface area (TPSA) is 89.6 Å². The van der Waals surface area contributed by atoms with Crippen LogP contribution in [0.2, 0.25) is 0 Å². The van der Waals surface area contributed by atoms with Crippen LogP contribution in [0.5, 0.6) is 11.5 Å². The highest BCUT2D eigenvalue weighted by molar-refractivity contribution is 8.00. The highest BCUT2D eigenvalue weighted by Gasteiger charge is 2.23. The third-order valence-electron chi connectivity index (χ3n) is 5.69. The number of carbonyl (C=O) groups is 2. The fourth-order valence-electron chi connectivity index (χ4n) is 4.12. The Balaban J connectivity index is 1.23. The van der Waals surface area contributed by atoms with Gasteiger partial charge < -0.3 is 20.1 Å². The molecule has 168 valence electrons. The molecule has 7 nitrogen and oxygen atoms in total. The van der Waals surface area contributed by atoms with Gasteiger partial charge in [0.25, 0.3) is 5.91 Å². The Hall–Kier alpha value is -3.52. The third kappa shape index (κ3) is 4.80. The second-order valence-electron chi connectivity index (χ2n) is 7.88. The Bertz CT molecular complexity index is 1200. The zero-order valence-electron chi connectivity index (χ0n) is 17.9. The first-order valence-electron chi connectivity index (χ1n) is 10.8. The van der Waals surface area contributed by atoms with E-state index in [1.54, 1.807) is 36.5 Å². The van der Waals surface area contributed by atoms with Gasteiger partial charge in [-0.1, -0.05) is 36.0 Å². The van der Waals surface area contributed by atoms with E-state index in [0.717, 1.165) is 19.3 Å². The molecule has 1 aliphatic carbocycles. The van der Waals surface area contributed by atoms with Gasteiger partial charge in [-0.25, -0.2) is 4.98 Å². The lowest BCUT2D eigenvalue weighted by Gasteiger charge is -2.26. The van der Waals surface area contributed by atoms with E-state index in [2.05, 4.69) is 27.8 Å². The molecule has 0 bridgehead atoms. The molecule has 2 aromatic carbocycles. The number of rotatable bonds is 6. The van der Waals surface area contributed by atoms with Gasteiger partial charge in [0.15, 0.2) is 11.5 Å². The van der Waals surface area contributed by atoms with Crippen molar-refractivity contribution in [1.82, 2.24) is 10.3 Å². The number of benzene rings is 2. The van der Waals surface area contributed by atoms with Gasteiger partial charge >= 0.3 is 0 Å². The molecular formula is C25H23N3O4S. The molecule has 0 saturated carbocycles. The van der Waals surface area contributed by atoms with E-state index >= 15 is 0 Å². The van der Waals surface area contributed by atoms with Crippen LogP contribution in [-0.4, -0.2) is 29.3 Å². The Morgan fingerprint density at radius 3 is 2.88 bits per heavy atom. The normalized spacial score (nSPS) is 16.1. The number of hydrogen-bond acceptors (Lipinski definition) is 6. The van der Waals surface area contributed by atoms with Crippen molar-refractivity contribution < 1.29 is 19.1 Å². The fraction of sp³-hybridized carbons (Fsp3) is 0.240. The summed E-state index contributed by atoms with van der Waals surface area (Å²) in [5, 5.41) is 6.54. The van der Waals surface area contributed by atoms with Gasteiger partial charge in [0.2, 0.25) is 12.7 Å². The molecule has 2 heterocycles. The SMILES string of the molecule is O=C(CSc1ncccc1C(=O)N[C@@H]1CCCc2ccccc21)Nc1ccc2c(c1)OCO2. The molecule has 2 N–H and O–H groups in total. The molecule has 3 aromatic rings. The van der Waals surface area contributed by atoms with Crippen LogP contribution in [0.25, 0.3) is 0 Å². The van der Waals surface area contributed by atoms with Crippen molar-refractivity contribution in [3.63, 3.8) is 0 Å². The van der Waals surface area contributed by atoms with Crippen molar-refractivity contribution in [1.29, 1.82) is 0 Å². The number of aryl methyl sites for hydroxylation is 1. The summed E-state index contributed by atoms with van der Waals surface area (Å²) in [6.07, 6.45) is 4.61. The van der Waals surface area contributed by atoms with Crippen LogP contribution in [0.15, 0.2) is 65.8 Å². The molecule has 2 amide bonds. The number of anilines is 1. The average Bonchev–Trinajstić information content (AvgIpc) is 3.31. The number of hydrogen-bond donors (Lipinski definition) is 2. The number of pyridine rings is 1. The van der Waals surface area contributed by atoms with Gasteiger partial charge in [0, 0.05) is 18.0 Å². The van der Waals surface area contributed by atoms with Crippen LogP contribution in [0, 0.1) is 0 Å². The minimum Gasteiger partial charge on any atom is -0.454 e. The molecule has 0 unspecified atom stereocenters. The minimum absolute atomic E-state index is 0.0187. The van der Waals surface area contributed by atoms with Crippen LogP contribution in [0.4, 0.5) is 5.69 Å². The first-order valence-corrected chi connectivity index (χ1v) is 11.8. The van der Waals surface area contributed by atoms with Crippen molar-refractivity contribution in [3.05, 3.63) is 77.5 Å². The van der Waals surface area contributed by atoms with Crippen molar-refractivity contribution in [2.45, 2.75) is 30.3 Å². The third-order valence-corrected chi connectivity index (χ3v) is 6.69. The molecule has 8 heteroatoms. The van der Waals surface area contributed by atoms with Gasteiger partial charge in [-0.2, -0.15) is 0 Å². The molecule has 1 aromatic heterocycles. The summed E-state index contributed by atoms with van der Waals surface area (Å²) in [6.45, 7) is 0.180. The number of ether oxygens (including phenoxy) is 2. The van der Waals surface area contributed by atoms with Crippen LogP contribution in [0.1, 0.15) is 40.4 Å². The number of carbonyl (C=O) groups excluding carboxylic acids is 2. The predicted molar refractivity (Wildman–Crippen MR) is 126 cm³/mol. The zero-order valence-corrected chi connectivity index (χ0v) is 18.7. The molecule has 5 rings (SSSR count). The molecule has 0 saturated heterocycles.